The van der Waals surface area contributed by atoms with Crippen LogP contribution in [0, 0.1) is 5.92 Å². The van der Waals surface area contributed by atoms with Crippen LogP contribution in [0.4, 0.5) is 4.79 Å². The molecule has 0 N–H and O–H groups in total. The van der Waals surface area contributed by atoms with Gasteiger partial charge < -0.3 is 14.4 Å². The normalized spacial score (nSPS) is 18.8. The highest BCUT2D eigenvalue weighted by Crippen LogP contribution is 2.20. The molecule has 1 aliphatic rings. The Morgan fingerprint density at radius 2 is 2.10 bits per heavy atom. The number of hydrogen-bond acceptors (Lipinski definition) is 4. The van der Waals surface area contributed by atoms with Gasteiger partial charge in [0.25, 0.3) is 0 Å². The van der Waals surface area contributed by atoms with Crippen LogP contribution < -0.4 is 0 Å². The van der Waals surface area contributed by atoms with Crippen LogP contribution in [-0.2, 0) is 16.1 Å². The van der Waals surface area contributed by atoms with Gasteiger partial charge in [0.2, 0.25) is 0 Å². The van der Waals surface area contributed by atoms with Gasteiger partial charge in [0.1, 0.15) is 5.60 Å². The van der Waals surface area contributed by atoms with Gasteiger partial charge in [0, 0.05) is 31.4 Å². The fourth-order valence-corrected chi connectivity index (χ4v) is 2.28. The summed E-state index contributed by atoms with van der Waals surface area (Å²) >= 11 is 0. The van der Waals surface area contributed by atoms with E-state index in [0.717, 1.165) is 18.5 Å². The SMILES string of the molecule is CC(C)(C)OC(=O)N1CC[C@@H](COCc2ccncc2)C1. The molecule has 5 heteroatoms. The number of ether oxygens (including phenoxy) is 2. The third-order valence-corrected chi connectivity index (χ3v) is 3.31. The summed E-state index contributed by atoms with van der Waals surface area (Å²) < 4.78 is 11.1. The lowest BCUT2D eigenvalue weighted by atomic mass is 10.1. The van der Waals surface area contributed by atoms with Gasteiger partial charge in [-0.05, 0) is 44.9 Å². The van der Waals surface area contributed by atoms with Crippen molar-refractivity contribution in [3.63, 3.8) is 0 Å². The van der Waals surface area contributed by atoms with E-state index in [1.54, 1.807) is 17.3 Å². The minimum atomic E-state index is -0.437. The molecule has 1 fully saturated rings. The first kappa shape index (κ1) is 15.8. The zero-order valence-electron chi connectivity index (χ0n) is 13.0. The fraction of sp³-hybridized carbons (Fsp3) is 0.625. The molecule has 0 saturated carbocycles. The van der Waals surface area contributed by atoms with Crippen LogP contribution in [0.2, 0.25) is 0 Å². The van der Waals surface area contributed by atoms with E-state index in [9.17, 15) is 4.79 Å². The first-order valence-electron chi connectivity index (χ1n) is 7.38. The molecular formula is C16H24N2O3. The second kappa shape index (κ2) is 6.89. The third kappa shape index (κ3) is 5.34. The molecular weight excluding hydrogens is 268 g/mol. The van der Waals surface area contributed by atoms with Crippen LogP contribution in [0.5, 0.6) is 0 Å². The maximum Gasteiger partial charge on any atom is 0.410 e. The zero-order valence-corrected chi connectivity index (χ0v) is 13.0. The Bertz CT molecular complexity index is 456. The number of hydrogen-bond donors (Lipinski definition) is 0. The highest BCUT2D eigenvalue weighted by atomic mass is 16.6. The molecule has 116 valence electrons. The summed E-state index contributed by atoms with van der Waals surface area (Å²) in [5, 5.41) is 0. The standard InChI is InChI=1S/C16H24N2O3/c1-16(2,3)21-15(19)18-9-6-14(10-18)12-20-11-13-4-7-17-8-5-13/h4-5,7-8,14H,6,9-12H2,1-3H3/t14-/m1/s1. The lowest BCUT2D eigenvalue weighted by Crippen LogP contribution is -2.35. The van der Waals surface area contributed by atoms with Crippen molar-refractivity contribution in [2.45, 2.75) is 39.4 Å². The van der Waals surface area contributed by atoms with Crippen LogP contribution in [0.1, 0.15) is 32.8 Å². The first-order chi connectivity index (χ1) is 9.94. The molecule has 1 aliphatic heterocycles. The number of carbonyl (C=O) groups excluding carboxylic acids is 1. The number of carbonyl (C=O) groups is 1. The van der Waals surface area contributed by atoms with E-state index in [-0.39, 0.29) is 6.09 Å². The van der Waals surface area contributed by atoms with Crippen LogP contribution in [0.15, 0.2) is 24.5 Å². The lowest BCUT2D eigenvalue weighted by molar-refractivity contribution is 0.0271. The highest BCUT2D eigenvalue weighted by Gasteiger charge is 2.29. The van der Waals surface area contributed by atoms with Crippen molar-refractivity contribution in [3.05, 3.63) is 30.1 Å². The van der Waals surface area contributed by atoms with Crippen molar-refractivity contribution < 1.29 is 14.3 Å². The number of likely N-dealkylation sites (tertiary alicyclic amines) is 1. The average molecular weight is 292 g/mol. The number of amides is 1. The molecule has 1 atom stereocenters. The maximum absolute atomic E-state index is 12.0. The van der Waals surface area contributed by atoms with Gasteiger partial charge >= 0.3 is 6.09 Å². The molecule has 1 saturated heterocycles. The van der Waals surface area contributed by atoms with Crippen molar-refractivity contribution in [1.82, 2.24) is 9.88 Å². The Morgan fingerprint density at radius 1 is 1.38 bits per heavy atom. The van der Waals surface area contributed by atoms with Crippen LogP contribution in [0.25, 0.3) is 0 Å². The van der Waals surface area contributed by atoms with Crippen LogP contribution in [0.3, 0.4) is 0 Å². The summed E-state index contributed by atoms with van der Waals surface area (Å²) in [6.07, 6.45) is 4.27. The molecule has 0 spiro atoms. The minimum Gasteiger partial charge on any atom is -0.444 e. The Balaban J connectivity index is 1.69. The van der Waals surface area contributed by atoms with Crippen molar-refractivity contribution in [1.29, 1.82) is 0 Å². The van der Waals surface area contributed by atoms with E-state index in [0.29, 0.717) is 25.7 Å². The fourth-order valence-electron chi connectivity index (χ4n) is 2.28. The van der Waals surface area contributed by atoms with Crippen molar-refractivity contribution in [2.75, 3.05) is 19.7 Å². The predicted molar refractivity (Wildman–Crippen MR) is 79.8 cm³/mol. The molecule has 0 unspecified atom stereocenters. The molecule has 21 heavy (non-hydrogen) atoms. The molecule has 0 radical (unpaired) electrons. The third-order valence-electron chi connectivity index (χ3n) is 3.31. The van der Waals surface area contributed by atoms with E-state index in [1.165, 1.54) is 0 Å². The molecule has 0 aromatic carbocycles. The lowest BCUT2D eigenvalue weighted by Gasteiger charge is -2.24. The second-order valence-corrected chi connectivity index (χ2v) is 6.45. The van der Waals surface area contributed by atoms with Gasteiger partial charge in [-0.3, -0.25) is 4.98 Å². The maximum atomic E-state index is 12.0. The molecule has 1 aromatic heterocycles. The van der Waals surface area contributed by atoms with E-state index in [4.69, 9.17) is 9.47 Å². The zero-order chi connectivity index (χ0) is 15.3. The Kier molecular flexibility index (Phi) is 5.17. The molecule has 1 amide bonds. The quantitative estimate of drug-likeness (QED) is 0.856. The average Bonchev–Trinajstić information content (AvgIpc) is 2.87. The minimum absolute atomic E-state index is 0.223. The topological polar surface area (TPSA) is 51.7 Å². The van der Waals surface area contributed by atoms with Crippen LogP contribution in [-0.4, -0.2) is 41.3 Å². The van der Waals surface area contributed by atoms with Crippen molar-refractivity contribution >= 4 is 6.09 Å². The molecule has 2 rings (SSSR count). The first-order valence-corrected chi connectivity index (χ1v) is 7.38. The van der Waals surface area contributed by atoms with Gasteiger partial charge in [-0.25, -0.2) is 4.79 Å². The number of rotatable bonds is 4. The molecule has 2 heterocycles. The summed E-state index contributed by atoms with van der Waals surface area (Å²) in [5.41, 5.74) is 0.680. The van der Waals surface area contributed by atoms with Gasteiger partial charge in [-0.15, -0.1) is 0 Å². The molecule has 0 aliphatic carbocycles. The molecule has 1 aromatic rings. The summed E-state index contributed by atoms with van der Waals surface area (Å²) in [7, 11) is 0. The van der Waals surface area contributed by atoms with E-state index in [2.05, 4.69) is 4.98 Å². The Labute approximate surface area is 126 Å². The number of nitrogens with zero attached hydrogens (tertiary/aromatic N) is 2. The monoisotopic (exact) mass is 292 g/mol. The number of aromatic nitrogens is 1. The smallest absolute Gasteiger partial charge is 0.410 e. The van der Waals surface area contributed by atoms with E-state index < -0.39 is 5.60 Å². The van der Waals surface area contributed by atoms with Gasteiger partial charge in [0.05, 0.1) is 13.2 Å². The van der Waals surface area contributed by atoms with Crippen molar-refractivity contribution in [2.24, 2.45) is 5.92 Å². The molecule has 0 bridgehead atoms. The van der Waals surface area contributed by atoms with Gasteiger partial charge in [-0.1, -0.05) is 0 Å². The largest absolute Gasteiger partial charge is 0.444 e. The highest BCUT2D eigenvalue weighted by molar-refractivity contribution is 5.68. The van der Waals surface area contributed by atoms with Crippen molar-refractivity contribution in [3.8, 4) is 0 Å². The summed E-state index contributed by atoms with van der Waals surface area (Å²) in [4.78, 5) is 17.7. The Hall–Kier alpha value is -1.62. The summed E-state index contributed by atoms with van der Waals surface area (Å²) in [5.74, 6) is 0.388. The number of pyridine rings is 1. The Morgan fingerprint density at radius 3 is 2.76 bits per heavy atom. The molecule has 5 nitrogen and oxygen atoms in total. The van der Waals surface area contributed by atoms with Gasteiger partial charge in [0.15, 0.2) is 0 Å². The van der Waals surface area contributed by atoms with Crippen LogP contribution >= 0.6 is 0 Å². The van der Waals surface area contributed by atoms with E-state index in [1.807, 2.05) is 32.9 Å². The van der Waals surface area contributed by atoms with E-state index >= 15 is 0 Å². The van der Waals surface area contributed by atoms with Gasteiger partial charge in [-0.2, -0.15) is 0 Å². The second-order valence-electron chi connectivity index (χ2n) is 6.45. The summed E-state index contributed by atoms with van der Waals surface area (Å²) in [6.45, 7) is 8.37. The summed E-state index contributed by atoms with van der Waals surface area (Å²) in [6, 6.07) is 3.89. The predicted octanol–water partition coefficient (Wildman–Crippen LogP) is 2.86.